The maximum absolute atomic E-state index is 6.02. The van der Waals surface area contributed by atoms with Crippen LogP contribution in [0.25, 0.3) is 0 Å². The molecule has 2 heteroatoms. The highest BCUT2D eigenvalue weighted by molar-refractivity contribution is 5.44. The fourth-order valence-electron chi connectivity index (χ4n) is 3.63. The number of hydrogen-bond acceptors (Lipinski definition) is 2. The van der Waals surface area contributed by atoms with Crippen molar-refractivity contribution >= 4 is 0 Å². The van der Waals surface area contributed by atoms with E-state index in [1.807, 2.05) is 18.2 Å². The van der Waals surface area contributed by atoms with Crippen molar-refractivity contribution in [2.45, 2.75) is 19.1 Å². The Kier molecular flexibility index (Phi) is 4.53. The lowest BCUT2D eigenvalue weighted by Gasteiger charge is -2.33. The fourth-order valence-corrected chi connectivity index (χ4v) is 3.63. The molecule has 1 aliphatic rings. The second-order valence-electron chi connectivity index (χ2n) is 6.79. The monoisotopic (exact) mass is 329 g/mol. The summed E-state index contributed by atoms with van der Waals surface area (Å²) in [5.41, 5.74) is 5.37. The summed E-state index contributed by atoms with van der Waals surface area (Å²) in [5.74, 6) is 1.38. The molecule has 126 valence electrons. The van der Waals surface area contributed by atoms with Crippen molar-refractivity contribution in [3.8, 4) is 5.75 Å². The van der Waals surface area contributed by atoms with Gasteiger partial charge in [0.05, 0.1) is 0 Å². The van der Waals surface area contributed by atoms with Crippen LogP contribution in [0.1, 0.15) is 28.2 Å². The normalized spacial score (nSPS) is 17.1. The first-order valence-corrected chi connectivity index (χ1v) is 8.82. The molecule has 0 radical (unpaired) electrons. The molecule has 2 nitrogen and oxygen atoms in total. The van der Waals surface area contributed by atoms with Crippen molar-refractivity contribution < 1.29 is 4.74 Å². The smallest absolute Gasteiger partial charge is 0.120 e. The third-order valence-corrected chi connectivity index (χ3v) is 4.87. The van der Waals surface area contributed by atoms with Crippen LogP contribution in [0.3, 0.4) is 0 Å². The number of rotatable bonds is 4. The fraction of sp³-hybridized carbons (Fsp3) is 0.217. The van der Waals surface area contributed by atoms with E-state index in [0.717, 1.165) is 18.8 Å². The number of fused-ring (bicyclic) bond motifs is 1. The minimum atomic E-state index is 0.429. The van der Waals surface area contributed by atoms with Crippen molar-refractivity contribution in [3.05, 3.63) is 101 Å². The Morgan fingerprint density at radius 2 is 1.64 bits per heavy atom. The Bertz CT molecular complexity index is 829. The molecule has 1 heterocycles. The zero-order chi connectivity index (χ0) is 17.1. The van der Waals surface area contributed by atoms with E-state index in [1.54, 1.807) is 0 Å². The third-order valence-electron chi connectivity index (χ3n) is 4.87. The van der Waals surface area contributed by atoms with Crippen molar-refractivity contribution in [1.82, 2.24) is 4.90 Å². The summed E-state index contributed by atoms with van der Waals surface area (Å²) in [5, 5.41) is 0. The number of benzene rings is 3. The molecule has 1 unspecified atom stereocenters. The second-order valence-corrected chi connectivity index (χ2v) is 6.79. The van der Waals surface area contributed by atoms with Gasteiger partial charge < -0.3 is 9.64 Å². The zero-order valence-corrected chi connectivity index (χ0v) is 14.6. The maximum atomic E-state index is 6.02. The van der Waals surface area contributed by atoms with Gasteiger partial charge in [-0.15, -0.1) is 0 Å². The van der Waals surface area contributed by atoms with Crippen LogP contribution in [0, 0.1) is 0 Å². The maximum Gasteiger partial charge on any atom is 0.120 e. The Balaban J connectivity index is 1.58. The van der Waals surface area contributed by atoms with Gasteiger partial charge >= 0.3 is 0 Å². The Morgan fingerprint density at radius 3 is 2.40 bits per heavy atom. The van der Waals surface area contributed by atoms with Crippen LogP contribution in [0.15, 0.2) is 78.9 Å². The van der Waals surface area contributed by atoms with Gasteiger partial charge in [0, 0.05) is 19.0 Å². The summed E-state index contributed by atoms with van der Waals surface area (Å²) < 4.78 is 6.02. The lowest BCUT2D eigenvalue weighted by atomic mass is 9.85. The van der Waals surface area contributed by atoms with Gasteiger partial charge in [-0.05, 0) is 41.4 Å². The summed E-state index contributed by atoms with van der Waals surface area (Å²) in [6, 6.07) is 27.7. The van der Waals surface area contributed by atoms with E-state index in [9.17, 15) is 0 Å². The molecule has 0 amide bonds. The molecule has 0 N–H and O–H groups in total. The van der Waals surface area contributed by atoms with Crippen molar-refractivity contribution in [3.63, 3.8) is 0 Å². The minimum absolute atomic E-state index is 0.429. The summed E-state index contributed by atoms with van der Waals surface area (Å²) in [7, 11) is 2.19. The van der Waals surface area contributed by atoms with Crippen LogP contribution >= 0.6 is 0 Å². The van der Waals surface area contributed by atoms with Gasteiger partial charge in [-0.3, -0.25) is 0 Å². The number of nitrogens with zero attached hydrogens (tertiary/aromatic N) is 1. The number of likely N-dealkylation sites (N-methyl/N-ethyl adjacent to an activating group) is 1. The molecule has 0 fully saturated rings. The first-order chi connectivity index (χ1) is 12.3. The van der Waals surface area contributed by atoms with Crippen LogP contribution in [0.2, 0.25) is 0 Å². The van der Waals surface area contributed by atoms with Gasteiger partial charge in [-0.1, -0.05) is 66.7 Å². The average molecular weight is 329 g/mol. The van der Waals surface area contributed by atoms with E-state index in [2.05, 4.69) is 72.6 Å². The molecule has 25 heavy (non-hydrogen) atoms. The molecule has 0 saturated carbocycles. The molecule has 0 aliphatic carbocycles. The van der Waals surface area contributed by atoms with Crippen LogP contribution in [0.5, 0.6) is 5.75 Å². The molecule has 1 aliphatic heterocycles. The predicted molar refractivity (Wildman–Crippen MR) is 102 cm³/mol. The van der Waals surface area contributed by atoms with Crippen LogP contribution in [0.4, 0.5) is 0 Å². The molecule has 4 rings (SSSR count). The van der Waals surface area contributed by atoms with Crippen LogP contribution in [-0.2, 0) is 13.2 Å². The lowest BCUT2D eigenvalue weighted by molar-refractivity contribution is 0.287. The number of hydrogen-bond donors (Lipinski definition) is 0. The summed E-state index contributed by atoms with van der Waals surface area (Å²) >= 11 is 0. The van der Waals surface area contributed by atoms with Gasteiger partial charge in [0.1, 0.15) is 12.4 Å². The molecular weight excluding hydrogens is 306 g/mol. The molecule has 0 spiro atoms. The minimum Gasteiger partial charge on any atom is -0.489 e. The van der Waals surface area contributed by atoms with Crippen molar-refractivity contribution in [1.29, 1.82) is 0 Å². The van der Waals surface area contributed by atoms with E-state index < -0.39 is 0 Å². The highest BCUT2D eigenvalue weighted by Crippen LogP contribution is 2.34. The van der Waals surface area contributed by atoms with Crippen LogP contribution < -0.4 is 4.74 Å². The number of ether oxygens (including phenoxy) is 1. The first kappa shape index (κ1) is 15.9. The SMILES string of the molecule is CN1Cc2cc(OCc3ccccc3)ccc2C(c2ccccc2)C1. The summed E-state index contributed by atoms with van der Waals surface area (Å²) in [6.45, 7) is 2.64. The zero-order valence-electron chi connectivity index (χ0n) is 14.6. The topological polar surface area (TPSA) is 12.5 Å². The predicted octanol–water partition coefficient (Wildman–Crippen LogP) is 4.84. The second kappa shape index (κ2) is 7.12. The summed E-state index contributed by atoms with van der Waals surface area (Å²) in [4.78, 5) is 2.39. The molecular formula is C23H23NO. The largest absolute Gasteiger partial charge is 0.489 e. The lowest BCUT2D eigenvalue weighted by Crippen LogP contribution is -2.30. The van der Waals surface area contributed by atoms with Gasteiger partial charge in [-0.2, -0.15) is 0 Å². The average Bonchev–Trinajstić information content (AvgIpc) is 2.67. The molecule has 0 aromatic heterocycles. The van der Waals surface area contributed by atoms with E-state index in [1.165, 1.54) is 22.3 Å². The first-order valence-electron chi connectivity index (χ1n) is 8.82. The molecule has 3 aromatic carbocycles. The highest BCUT2D eigenvalue weighted by Gasteiger charge is 2.24. The molecule has 0 saturated heterocycles. The Hall–Kier alpha value is -2.58. The Morgan fingerprint density at radius 1 is 0.920 bits per heavy atom. The van der Waals surface area contributed by atoms with E-state index in [-0.39, 0.29) is 0 Å². The molecule has 3 aromatic rings. The quantitative estimate of drug-likeness (QED) is 0.679. The molecule has 0 bridgehead atoms. The van der Waals surface area contributed by atoms with Gasteiger partial charge in [0.2, 0.25) is 0 Å². The van der Waals surface area contributed by atoms with Gasteiger partial charge in [0.25, 0.3) is 0 Å². The molecule has 1 atom stereocenters. The van der Waals surface area contributed by atoms with E-state index in [0.29, 0.717) is 12.5 Å². The van der Waals surface area contributed by atoms with Gasteiger partial charge in [0.15, 0.2) is 0 Å². The van der Waals surface area contributed by atoms with Crippen molar-refractivity contribution in [2.24, 2.45) is 0 Å². The standard InChI is InChI=1S/C23H23NO/c1-24-15-20-14-21(25-17-18-8-4-2-5-9-18)12-13-22(20)23(16-24)19-10-6-3-7-11-19/h2-14,23H,15-17H2,1H3. The highest BCUT2D eigenvalue weighted by atomic mass is 16.5. The van der Waals surface area contributed by atoms with E-state index in [4.69, 9.17) is 4.74 Å². The summed E-state index contributed by atoms with van der Waals surface area (Å²) in [6.07, 6.45) is 0. The Labute approximate surface area is 149 Å². The van der Waals surface area contributed by atoms with Crippen LogP contribution in [-0.4, -0.2) is 18.5 Å². The van der Waals surface area contributed by atoms with E-state index >= 15 is 0 Å². The van der Waals surface area contributed by atoms with Crippen molar-refractivity contribution in [2.75, 3.05) is 13.6 Å². The third kappa shape index (κ3) is 3.59. The van der Waals surface area contributed by atoms with Gasteiger partial charge in [-0.25, -0.2) is 0 Å².